The summed E-state index contributed by atoms with van der Waals surface area (Å²) in [5.41, 5.74) is 0.901. The fourth-order valence-corrected chi connectivity index (χ4v) is 2.42. The van der Waals surface area contributed by atoms with Gasteiger partial charge >= 0.3 is 6.36 Å². The lowest BCUT2D eigenvalue weighted by Gasteiger charge is -2.26. The van der Waals surface area contributed by atoms with Crippen molar-refractivity contribution in [3.8, 4) is 5.75 Å². The Balaban J connectivity index is 2.68. The summed E-state index contributed by atoms with van der Waals surface area (Å²) in [4.78, 5) is 0. The lowest BCUT2D eigenvalue weighted by Crippen LogP contribution is -2.38. The summed E-state index contributed by atoms with van der Waals surface area (Å²) in [6.45, 7) is 6.92. The fraction of sp³-hybridized carbons (Fsp3) is 0.571. The van der Waals surface area contributed by atoms with E-state index in [-0.39, 0.29) is 11.3 Å². The molecule has 0 aliphatic heterocycles. The van der Waals surface area contributed by atoms with Gasteiger partial charge in [0, 0.05) is 12.1 Å². The van der Waals surface area contributed by atoms with E-state index in [0.29, 0.717) is 11.0 Å². The zero-order chi connectivity index (χ0) is 15.4. The van der Waals surface area contributed by atoms with Crippen molar-refractivity contribution in [2.24, 2.45) is 0 Å². The van der Waals surface area contributed by atoms with Gasteiger partial charge < -0.3 is 10.1 Å². The predicted octanol–water partition coefficient (Wildman–Crippen LogP) is 5.02. The molecule has 1 rings (SSSR count). The van der Waals surface area contributed by atoms with E-state index in [1.807, 2.05) is 0 Å². The Morgan fingerprint density at radius 1 is 1.25 bits per heavy atom. The van der Waals surface area contributed by atoms with E-state index in [1.165, 1.54) is 6.07 Å². The van der Waals surface area contributed by atoms with Gasteiger partial charge in [0.2, 0.25) is 0 Å². The summed E-state index contributed by atoms with van der Waals surface area (Å²) >= 11 is 3.10. The topological polar surface area (TPSA) is 21.3 Å². The standard InChI is InChI=1S/C14H19BrF3NO/c1-4-7-13(2,3)19-9-10-5-6-12(11(15)8-10)20-14(16,17)18/h5-6,8,19H,4,7,9H2,1-3H3. The number of halogens is 4. The van der Waals surface area contributed by atoms with Gasteiger partial charge in [0.05, 0.1) is 4.47 Å². The van der Waals surface area contributed by atoms with Gasteiger partial charge in [-0.15, -0.1) is 13.2 Å². The molecule has 0 radical (unpaired) electrons. The number of hydrogen-bond donors (Lipinski definition) is 1. The Kier molecular flexibility index (Phi) is 5.89. The molecule has 2 nitrogen and oxygen atoms in total. The summed E-state index contributed by atoms with van der Waals surface area (Å²) in [6.07, 6.45) is -2.57. The van der Waals surface area contributed by atoms with Crippen LogP contribution in [-0.4, -0.2) is 11.9 Å². The van der Waals surface area contributed by atoms with Crippen LogP contribution in [0.15, 0.2) is 22.7 Å². The van der Waals surface area contributed by atoms with Crippen molar-refractivity contribution in [2.75, 3.05) is 0 Å². The van der Waals surface area contributed by atoms with Crippen LogP contribution in [0, 0.1) is 0 Å². The number of alkyl halides is 3. The molecule has 0 aromatic heterocycles. The Morgan fingerprint density at radius 2 is 1.90 bits per heavy atom. The molecule has 20 heavy (non-hydrogen) atoms. The molecule has 0 aliphatic carbocycles. The molecule has 0 amide bonds. The highest BCUT2D eigenvalue weighted by molar-refractivity contribution is 9.10. The van der Waals surface area contributed by atoms with Crippen LogP contribution in [0.1, 0.15) is 39.2 Å². The summed E-state index contributed by atoms with van der Waals surface area (Å²) in [5.74, 6) is -0.228. The summed E-state index contributed by atoms with van der Waals surface area (Å²) in [5, 5.41) is 3.39. The van der Waals surface area contributed by atoms with Crippen molar-refractivity contribution in [3.05, 3.63) is 28.2 Å². The van der Waals surface area contributed by atoms with Crippen molar-refractivity contribution in [2.45, 2.75) is 52.1 Å². The van der Waals surface area contributed by atoms with Crippen LogP contribution in [-0.2, 0) is 6.54 Å². The third kappa shape index (κ3) is 6.13. The Labute approximate surface area is 125 Å². The molecule has 0 heterocycles. The first-order valence-corrected chi connectivity index (χ1v) is 7.21. The molecule has 6 heteroatoms. The molecule has 1 aromatic carbocycles. The maximum absolute atomic E-state index is 12.2. The summed E-state index contributed by atoms with van der Waals surface area (Å²) < 4.78 is 40.7. The van der Waals surface area contributed by atoms with Crippen LogP contribution in [0.3, 0.4) is 0 Å². The van der Waals surface area contributed by atoms with Gasteiger partial charge in [0.15, 0.2) is 0 Å². The fourth-order valence-electron chi connectivity index (χ4n) is 1.92. The molecule has 114 valence electrons. The quantitative estimate of drug-likeness (QED) is 0.775. The van der Waals surface area contributed by atoms with Gasteiger partial charge in [-0.05, 0) is 53.9 Å². The Bertz CT molecular complexity index is 447. The minimum absolute atomic E-state index is 0.00235. The van der Waals surface area contributed by atoms with Gasteiger partial charge in [-0.2, -0.15) is 0 Å². The second-order valence-corrected chi connectivity index (χ2v) is 6.15. The third-order valence-electron chi connectivity index (χ3n) is 2.87. The van der Waals surface area contributed by atoms with Crippen LogP contribution in [0.2, 0.25) is 0 Å². The number of hydrogen-bond acceptors (Lipinski definition) is 2. The SMILES string of the molecule is CCCC(C)(C)NCc1ccc(OC(F)(F)F)c(Br)c1. The molecule has 0 fully saturated rings. The molecule has 1 aromatic rings. The average molecular weight is 354 g/mol. The first kappa shape index (κ1) is 17.3. The van der Waals surface area contributed by atoms with Crippen molar-refractivity contribution >= 4 is 15.9 Å². The van der Waals surface area contributed by atoms with E-state index < -0.39 is 6.36 Å². The summed E-state index contributed by atoms with van der Waals surface area (Å²) in [7, 11) is 0. The van der Waals surface area contributed by atoms with E-state index in [0.717, 1.165) is 18.4 Å². The zero-order valence-corrected chi connectivity index (χ0v) is 13.4. The van der Waals surface area contributed by atoms with E-state index in [1.54, 1.807) is 12.1 Å². The second kappa shape index (κ2) is 6.80. The maximum atomic E-state index is 12.2. The van der Waals surface area contributed by atoms with E-state index >= 15 is 0 Å². The minimum Gasteiger partial charge on any atom is -0.405 e. The lowest BCUT2D eigenvalue weighted by atomic mass is 9.98. The van der Waals surface area contributed by atoms with Crippen LogP contribution < -0.4 is 10.1 Å². The highest BCUT2D eigenvalue weighted by Crippen LogP contribution is 2.31. The highest BCUT2D eigenvalue weighted by Gasteiger charge is 2.31. The lowest BCUT2D eigenvalue weighted by molar-refractivity contribution is -0.274. The van der Waals surface area contributed by atoms with Crippen LogP contribution >= 0.6 is 15.9 Å². The number of nitrogens with one attached hydrogen (secondary N) is 1. The molecule has 0 saturated heterocycles. The number of benzene rings is 1. The number of rotatable bonds is 6. The average Bonchev–Trinajstić information content (AvgIpc) is 2.28. The minimum atomic E-state index is -4.68. The highest BCUT2D eigenvalue weighted by atomic mass is 79.9. The third-order valence-corrected chi connectivity index (χ3v) is 3.49. The molecule has 0 saturated carbocycles. The van der Waals surface area contributed by atoms with Crippen molar-refractivity contribution in [1.82, 2.24) is 5.32 Å². The van der Waals surface area contributed by atoms with E-state index in [4.69, 9.17) is 0 Å². The Morgan fingerprint density at radius 3 is 2.40 bits per heavy atom. The van der Waals surface area contributed by atoms with Crippen LogP contribution in [0.25, 0.3) is 0 Å². The largest absolute Gasteiger partial charge is 0.573 e. The van der Waals surface area contributed by atoms with Gasteiger partial charge in [-0.3, -0.25) is 0 Å². The molecule has 0 unspecified atom stereocenters. The van der Waals surface area contributed by atoms with Crippen LogP contribution in [0.5, 0.6) is 5.75 Å². The van der Waals surface area contributed by atoms with Crippen molar-refractivity contribution in [1.29, 1.82) is 0 Å². The van der Waals surface area contributed by atoms with Gasteiger partial charge in [0.1, 0.15) is 5.75 Å². The van der Waals surface area contributed by atoms with Crippen molar-refractivity contribution < 1.29 is 17.9 Å². The monoisotopic (exact) mass is 353 g/mol. The summed E-state index contributed by atoms with van der Waals surface area (Å²) in [6, 6.07) is 4.58. The van der Waals surface area contributed by atoms with E-state index in [9.17, 15) is 13.2 Å². The molecule has 0 spiro atoms. The van der Waals surface area contributed by atoms with E-state index in [2.05, 4.69) is 46.8 Å². The molecule has 0 aliphatic rings. The van der Waals surface area contributed by atoms with Gasteiger partial charge in [-0.25, -0.2) is 0 Å². The smallest absolute Gasteiger partial charge is 0.405 e. The van der Waals surface area contributed by atoms with Gasteiger partial charge in [-0.1, -0.05) is 19.4 Å². The zero-order valence-electron chi connectivity index (χ0n) is 11.8. The first-order valence-electron chi connectivity index (χ1n) is 6.42. The molecular formula is C14H19BrF3NO. The maximum Gasteiger partial charge on any atom is 0.573 e. The van der Waals surface area contributed by atoms with Crippen LogP contribution in [0.4, 0.5) is 13.2 Å². The van der Waals surface area contributed by atoms with Crippen molar-refractivity contribution in [3.63, 3.8) is 0 Å². The molecular weight excluding hydrogens is 335 g/mol. The molecule has 0 bridgehead atoms. The first-order chi connectivity index (χ1) is 9.13. The molecule has 1 N–H and O–H groups in total. The molecule has 0 atom stereocenters. The van der Waals surface area contributed by atoms with Gasteiger partial charge in [0.25, 0.3) is 0 Å². The Hall–Kier alpha value is -0.750. The number of ether oxygens (including phenoxy) is 1. The second-order valence-electron chi connectivity index (χ2n) is 5.30. The predicted molar refractivity (Wildman–Crippen MR) is 76.7 cm³/mol. The normalized spacial score (nSPS) is 12.6.